The Bertz CT molecular complexity index is 1090. The molecule has 0 spiro atoms. The fourth-order valence-corrected chi connectivity index (χ4v) is 5.13. The first-order valence-corrected chi connectivity index (χ1v) is 11.6. The van der Waals surface area contributed by atoms with Gasteiger partial charge >= 0.3 is 0 Å². The van der Waals surface area contributed by atoms with Crippen molar-refractivity contribution in [2.75, 3.05) is 26.5 Å². The first kappa shape index (κ1) is 21.4. The molecule has 2 aromatic heterocycles. The number of aryl methyl sites for hydroxylation is 2. The number of nitrogens with one attached hydrogen (secondary N) is 1. The predicted octanol–water partition coefficient (Wildman–Crippen LogP) is 4.53. The minimum Gasteiger partial charge on any atom is -0.493 e. The number of amides is 1. The van der Waals surface area contributed by atoms with Crippen LogP contribution in [-0.4, -0.2) is 31.7 Å². The van der Waals surface area contributed by atoms with Gasteiger partial charge in [-0.05, 0) is 61.4 Å². The minimum absolute atomic E-state index is 0.145. The molecular weight excluding hydrogens is 410 g/mol. The second-order valence-corrected chi connectivity index (χ2v) is 8.90. The number of aromatic nitrogens is 1. The summed E-state index contributed by atoms with van der Waals surface area (Å²) in [6, 6.07) is 7.94. The van der Waals surface area contributed by atoms with Crippen molar-refractivity contribution in [2.24, 2.45) is 0 Å². The third-order valence-corrected chi connectivity index (χ3v) is 6.97. The summed E-state index contributed by atoms with van der Waals surface area (Å²) in [4.78, 5) is 19.1. The molecule has 3 N–H and O–H groups in total. The summed E-state index contributed by atoms with van der Waals surface area (Å²) < 4.78 is 10.6. The average Bonchev–Trinajstić information content (AvgIpc) is 3.09. The van der Waals surface area contributed by atoms with Gasteiger partial charge in [0.25, 0.3) is 5.91 Å². The number of nitrogens with two attached hydrogens (primary N) is 1. The van der Waals surface area contributed by atoms with Crippen molar-refractivity contribution in [1.29, 1.82) is 0 Å². The van der Waals surface area contributed by atoms with Gasteiger partial charge in [-0.3, -0.25) is 4.79 Å². The maximum absolute atomic E-state index is 12.8. The molecule has 2 heterocycles. The number of nitrogen functional groups attached to an aromatic ring is 1. The number of hydrogen-bond acceptors (Lipinski definition) is 6. The van der Waals surface area contributed by atoms with E-state index in [0.29, 0.717) is 35.0 Å². The average molecular weight is 440 g/mol. The number of rotatable bonds is 6. The number of carbonyl (C=O) groups is 1. The van der Waals surface area contributed by atoms with Crippen LogP contribution in [0.5, 0.6) is 11.5 Å². The lowest BCUT2D eigenvalue weighted by Gasteiger charge is -2.12. The number of methoxy groups -OCH3 is 2. The molecule has 31 heavy (non-hydrogen) atoms. The summed E-state index contributed by atoms with van der Waals surface area (Å²) in [7, 11) is 3.23. The van der Waals surface area contributed by atoms with Gasteiger partial charge in [-0.15, -0.1) is 11.3 Å². The molecule has 0 fully saturated rings. The standard InChI is InChI=1S/C24H29N3O3S/c1-29-19-10-9-15(13-20(19)30-2)11-12-26-23(28)22-21(25)17-14-16-7-5-3-4-6-8-18(16)27-24(17)31-22/h9-10,13-14H,3-8,11-12,25H2,1-2H3,(H,26,28). The van der Waals surface area contributed by atoms with Crippen LogP contribution in [-0.2, 0) is 19.3 Å². The quantitative estimate of drug-likeness (QED) is 0.589. The van der Waals surface area contributed by atoms with Gasteiger partial charge in [-0.25, -0.2) is 4.98 Å². The molecule has 7 heteroatoms. The number of anilines is 1. The van der Waals surface area contributed by atoms with Crippen molar-refractivity contribution in [3.8, 4) is 11.5 Å². The van der Waals surface area contributed by atoms with E-state index in [1.165, 1.54) is 48.3 Å². The van der Waals surface area contributed by atoms with E-state index in [-0.39, 0.29) is 5.91 Å². The molecule has 0 saturated heterocycles. The summed E-state index contributed by atoms with van der Waals surface area (Å²) in [6.45, 7) is 0.506. The summed E-state index contributed by atoms with van der Waals surface area (Å²) in [5, 5.41) is 3.91. The SMILES string of the molecule is COc1ccc(CCNC(=O)c2sc3nc4c(cc3c2N)CCCCCC4)cc1OC. The molecule has 1 aliphatic carbocycles. The zero-order valence-electron chi connectivity index (χ0n) is 18.1. The lowest BCUT2D eigenvalue weighted by Crippen LogP contribution is -2.25. The Kier molecular flexibility index (Phi) is 6.61. The van der Waals surface area contributed by atoms with E-state index in [2.05, 4.69) is 11.4 Å². The molecule has 0 bridgehead atoms. The number of pyridine rings is 1. The molecule has 0 aliphatic heterocycles. The maximum atomic E-state index is 12.8. The topological polar surface area (TPSA) is 86.5 Å². The van der Waals surface area contributed by atoms with E-state index in [1.54, 1.807) is 14.2 Å². The fourth-order valence-electron chi connectivity index (χ4n) is 4.12. The fraction of sp³-hybridized carbons (Fsp3) is 0.417. The van der Waals surface area contributed by atoms with Crippen LogP contribution in [0.1, 0.15) is 52.2 Å². The Morgan fingerprint density at radius 1 is 1.10 bits per heavy atom. The molecule has 0 atom stereocenters. The Morgan fingerprint density at radius 2 is 1.87 bits per heavy atom. The maximum Gasteiger partial charge on any atom is 0.263 e. The Labute approximate surface area is 186 Å². The van der Waals surface area contributed by atoms with Crippen LogP contribution in [0.4, 0.5) is 5.69 Å². The summed E-state index contributed by atoms with van der Waals surface area (Å²) >= 11 is 1.39. The van der Waals surface area contributed by atoms with Crippen molar-refractivity contribution in [3.05, 3.63) is 46.0 Å². The van der Waals surface area contributed by atoms with Gasteiger partial charge < -0.3 is 20.5 Å². The summed E-state index contributed by atoms with van der Waals surface area (Å²) in [5.74, 6) is 1.23. The highest BCUT2D eigenvalue weighted by atomic mass is 32.1. The number of ether oxygens (including phenoxy) is 2. The predicted molar refractivity (Wildman–Crippen MR) is 125 cm³/mol. The van der Waals surface area contributed by atoms with Gasteiger partial charge in [-0.1, -0.05) is 18.9 Å². The number of benzene rings is 1. The molecule has 1 amide bonds. The van der Waals surface area contributed by atoms with E-state index in [4.69, 9.17) is 20.2 Å². The Hall–Kier alpha value is -2.80. The van der Waals surface area contributed by atoms with Crippen LogP contribution in [0.3, 0.4) is 0 Å². The van der Waals surface area contributed by atoms with Gasteiger partial charge in [0.05, 0.1) is 19.9 Å². The van der Waals surface area contributed by atoms with Gasteiger partial charge in [0.2, 0.25) is 0 Å². The van der Waals surface area contributed by atoms with E-state index in [0.717, 1.165) is 28.6 Å². The van der Waals surface area contributed by atoms with Crippen LogP contribution in [0.2, 0.25) is 0 Å². The summed E-state index contributed by atoms with van der Waals surface area (Å²) in [6.07, 6.45) is 7.63. The number of hydrogen-bond donors (Lipinski definition) is 2. The first-order chi connectivity index (χ1) is 15.1. The number of fused-ring (bicyclic) bond motifs is 2. The second kappa shape index (κ2) is 9.56. The lowest BCUT2D eigenvalue weighted by molar-refractivity contribution is 0.0959. The molecular formula is C24H29N3O3S. The monoisotopic (exact) mass is 439 g/mol. The highest BCUT2D eigenvalue weighted by Gasteiger charge is 2.19. The van der Waals surface area contributed by atoms with Crippen molar-refractivity contribution >= 4 is 33.1 Å². The van der Waals surface area contributed by atoms with E-state index in [1.807, 2.05) is 18.2 Å². The normalized spacial score (nSPS) is 13.9. The molecule has 1 aromatic carbocycles. The smallest absolute Gasteiger partial charge is 0.263 e. The molecule has 6 nitrogen and oxygen atoms in total. The Morgan fingerprint density at radius 3 is 2.65 bits per heavy atom. The first-order valence-electron chi connectivity index (χ1n) is 10.8. The zero-order chi connectivity index (χ0) is 21.8. The van der Waals surface area contributed by atoms with Crippen molar-refractivity contribution in [1.82, 2.24) is 10.3 Å². The molecule has 0 radical (unpaired) electrons. The van der Waals surface area contributed by atoms with Crippen molar-refractivity contribution < 1.29 is 14.3 Å². The molecule has 164 valence electrons. The Balaban J connectivity index is 1.47. The van der Waals surface area contributed by atoms with Crippen LogP contribution < -0.4 is 20.5 Å². The number of thiophene rings is 1. The molecule has 1 aliphatic rings. The third kappa shape index (κ3) is 4.61. The van der Waals surface area contributed by atoms with Gasteiger partial charge in [0.1, 0.15) is 9.71 Å². The highest BCUT2D eigenvalue weighted by molar-refractivity contribution is 7.21. The largest absolute Gasteiger partial charge is 0.493 e. The third-order valence-electron chi connectivity index (χ3n) is 5.85. The van der Waals surface area contributed by atoms with Gasteiger partial charge in [0, 0.05) is 17.6 Å². The van der Waals surface area contributed by atoms with Crippen molar-refractivity contribution in [2.45, 2.75) is 44.9 Å². The van der Waals surface area contributed by atoms with E-state index >= 15 is 0 Å². The zero-order valence-corrected chi connectivity index (χ0v) is 18.9. The highest BCUT2D eigenvalue weighted by Crippen LogP contribution is 2.35. The summed E-state index contributed by atoms with van der Waals surface area (Å²) in [5.41, 5.74) is 10.4. The van der Waals surface area contributed by atoms with E-state index in [9.17, 15) is 4.79 Å². The molecule has 0 unspecified atom stereocenters. The van der Waals surface area contributed by atoms with Crippen LogP contribution >= 0.6 is 11.3 Å². The second-order valence-electron chi connectivity index (χ2n) is 7.90. The van der Waals surface area contributed by atoms with E-state index < -0.39 is 0 Å². The molecule has 0 saturated carbocycles. The van der Waals surface area contributed by atoms with Crippen LogP contribution in [0.15, 0.2) is 24.3 Å². The number of nitrogens with zero attached hydrogens (tertiary/aromatic N) is 1. The molecule has 3 aromatic rings. The minimum atomic E-state index is -0.145. The van der Waals surface area contributed by atoms with Gasteiger partial charge in [0.15, 0.2) is 11.5 Å². The van der Waals surface area contributed by atoms with Crippen molar-refractivity contribution in [3.63, 3.8) is 0 Å². The van der Waals surface area contributed by atoms with Crippen LogP contribution in [0.25, 0.3) is 10.2 Å². The van der Waals surface area contributed by atoms with Crippen LogP contribution in [0, 0.1) is 0 Å². The lowest BCUT2D eigenvalue weighted by atomic mass is 9.96. The molecule has 4 rings (SSSR count). The number of carbonyl (C=O) groups excluding carboxylic acids is 1. The van der Waals surface area contributed by atoms with Gasteiger partial charge in [-0.2, -0.15) is 0 Å².